The molecule has 2 aromatic carbocycles. The van der Waals surface area contributed by atoms with E-state index in [1.807, 2.05) is 31.2 Å². The molecule has 1 unspecified atom stereocenters. The molecule has 0 radical (unpaired) electrons. The van der Waals surface area contributed by atoms with E-state index in [0.717, 1.165) is 57.0 Å². The molecule has 2 saturated heterocycles. The Bertz CT molecular complexity index is 1250. The molecule has 1 N–H and O–H groups in total. The van der Waals surface area contributed by atoms with Gasteiger partial charge in [0.05, 0.1) is 25.3 Å². The molecule has 1 saturated carbocycles. The van der Waals surface area contributed by atoms with Gasteiger partial charge in [-0.1, -0.05) is 0 Å². The zero-order valence-corrected chi connectivity index (χ0v) is 20.5. The summed E-state index contributed by atoms with van der Waals surface area (Å²) in [5, 5.41) is 3.78. The van der Waals surface area contributed by atoms with Crippen LogP contribution in [0.15, 0.2) is 42.5 Å². The Hall–Kier alpha value is -3.10. The Morgan fingerprint density at radius 1 is 1.11 bits per heavy atom. The van der Waals surface area contributed by atoms with Gasteiger partial charge in [0.15, 0.2) is 5.82 Å². The molecule has 1 amide bonds. The highest BCUT2D eigenvalue weighted by Crippen LogP contribution is 2.39. The van der Waals surface area contributed by atoms with Crippen molar-refractivity contribution in [1.82, 2.24) is 20.2 Å². The Labute approximate surface area is 210 Å². The maximum absolute atomic E-state index is 14.0. The molecule has 3 atom stereocenters. The Balaban J connectivity index is 1.20. The summed E-state index contributed by atoms with van der Waals surface area (Å²) >= 11 is 0. The van der Waals surface area contributed by atoms with Crippen LogP contribution in [0.1, 0.15) is 30.3 Å². The zero-order valence-electron chi connectivity index (χ0n) is 20.5. The Morgan fingerprint density at radius 3 is 2.53 bits per heavy atom. The third-order valence-electron chi connectivity index (χ3n) is 7.68. The van der Waals surface area contributed by atoms with Crippen molar-refractivity contribution in [2.75, 3.05) is 39.5 Å². The van der Waals surface area contributed by atoms with Gasteiger partial charge in [-0.3, -0.25) is 4.79 Å². The number of carbonyl (C=O) groups excluding carboxylic acids is 1. The number of rotatable bonds is 7. The zero-order chi connectivity index (χ0) is 24.6. The molecule has 3 aliphatic rings. The van der Waals surface area contributed by atoms with Gasteiger partial charge in [0.25, 0.3) is 5.91 Å². The molecular formula is C28H31FN4O3. The predicted octanol–water partition coefficient (Wildman–Crippen LogP) is 3.92. The number of hydrogen-bond donors (Lipinski definition) is 1. The number of ether oxygens (including phenoxy) is 2. The lowest BCUT2D eigenvalue weighted by Gasteiger charge is -2.30. The molecule has 2 aliphatic heterocycles. The normalized spacial score (nSPS) is 24.0. The third-order valence-corrected chi connectivity index (χ3v) is 7.68. The fourth-order valence-electron chi connectivity index (χ4n) is 5.94. The lowest BCUT2D eigenvalue weighted by molar-refractivity contribution is -0.0447. The molecule has 3 fully saturated rings. The summed E-state index contributed by atoms with van der Waals surface area (Å²) in [5.74, 6) is 2.43. The average Bonchev–Trinajstić information content (AvgIpc) is 3.39. The number of halogens is 1. The number of carbonyl (C=O) groups is 1. The van der Waals surface area contributed by atoms with Crippen molar-refractivity contribution >= 4 is 16.8 Å². The molecule has 1 aliphatic carbocycles. The second-order valence-corrected chi connectivity index (χ2v) is 10.3. The van der Waals surface area contributed by atoms with Crippen LogP contribution in [-0.2, 0) is 4.74 Å². The number of nitrogens with one attached hydrogen (secondary N) is 1. The summed E-state index contributed by atoms with van der Waals surface area (Å²) in [6.45, 7) is 7.61. The van der Waals surface area contributed by atoms with Gasteiger partial charge in [-0.2, -0.15) is 0 Å². The monoisotopic (exact) mass is 490 g/mol. The highest BCUT2D eigenvalue weighted by Gasteiger charge is 2.42. The van der Waals surface area contributed by atoms with Crippen molar-refractivity contribution in [2.24, 2.45) is 17.8 Å². The minimum absolute atomic E-state index is 0.126. The highest BCUT2D eigenvalue weighted by molar-refractivity contribution is 6.05. The summed E-state index contributed by atoms with van der Waals surface area (Å²) in [5.41, 5.74) is 1.44. The number of hydrogen-bond acceptors (Lipinski definition) is 6. The van der Waals surface area contributed by atoms with Crippen LogP contribution in [0.2, 0.25) is 0 Å². The van der Waals surface area contributed by atoms with E-state index < -0.39 is 5.82 Å². The van der Waals surface area contributed by atoms with Crippen molar-refractivity contribution in [3.8, 4) is 17.1 Å². The van der Waals surface area contributed by atoms with Gasteiger partial charge >= 0.3 is 0 Å². The maximum Gasteiger partial charge on any atom is 0.270 e. The summed E-state index contributed by atoms with van der Waals surface area (Å²) < 4.78 is 24.9. The van der Waals surface area contributed by atoms with Crippen molar-refractivity contribution in [2.45, 2.75) is 25.8 Å². The number of aromatic nitrogens is 2. The fourth-order valence-corrected chi connectivity index (χ4v) is 5.94. The molecule has 0 spiro atoms. The quantitative estimate of drug-likeness (QED) is 0.541. The number of fused-ring (bicyclic) bond motifs is 2. The number of nitrogens with zero attached hydrogens (tertiary/aromatic N) is 3. The minimum atomic E-state index is -0.396. The molecule has 1 aromatic heterocycles. The molecule has 7 nitrogen and oxygen atoms in total. The number of amides is 1. The fraction of sp³-hybridized carbons (Fsp3) is 0.464. The van der Waals surface area contributed by atoms with E-state index >= 15 is 0 Å². The van der Waals surface area contributed by atoms with Crippen molar-refractivity contribution in [1.29, 1.82) is 0 Å². The standard InChI is InChI=1S/C28H31FN4O3/c1-2-36-23-6-3-18(4-7-23)27-31-25-11-21(29)5-8-24(25)26(32-27)28(34)30-22-9-19-13-33(14-20(19)10-22)12-17-15-35-16-17/h3-8,11,17,19-20,22H,2,9-10,12-16H2,1H3,(H,30,34)/t19-,20+,22?. The average molecular weight is 491 g/mol. The van der Waals surface area contributed by atoms with Gasteiger partial charge < -0.3 is 19.7 Å². The second-order valence-electron chi connectivity index (χ2n) is 10.3. The summed E-state index contributed by atoms with van der Waals surface area (Å²) in [6.07, 6.45) is 1.97. The second kappa shape index (κ2) is 9.75. The molecule has 6 rings (SSSR count). The van der Waals surface area contributed by atoms with Crippen molar-refractivity contribution in [3.05, 3.63) is 54.0 Å². The van der Waals surface area contributed by atoms with E-state index in [1.165, 1.54) is 12.1 Å². The lowest BCUT2D eigenvalue weighted by atomic mass is 10.0. The van der Waals surface area contributed by atoms with Crippen LogP contribution >= 0.6 is 0 Å². The molecule has 0 bridgehead atoms. The Kier molecular flexibility index (Phi) is 6.31. The van der Waals surface area contributed by atoms with Gasteiger partial charge in [-0.15, -0.1) is 0 Å². The molecule has 188 valence electrons. The first-order valence-corrected chi connectivity index (χ1v) is 12.9. The first kappa shape index (κ1) is 23.3. The van der Waals surface area contributed by atoms with Gasteiger partial charge in [-0.05, 0) is 68.0 Å². The third kappa shape index (κ3) is 4.67. The van der Waals surface area contributed by atoms with Gasteiger partial charge in [0.2, 0.25) is 0 Å². The van der Waals surface area contributed by atoms with Crippen LogP contribution in [0.4, 0.5) is 4.39 Å². The Morgan fingerprint density at radius 2 is 1.86 bits per heavy atom. The van der Waals surface area contributed by atoms with Gasteiger partial charge in [-0.25, -0.2) is 14.4 Å². The van der Waals surface area contributed by atoms with Crippen LogP contribution in [0, 0.1) is 23.6 Å². The van der Waals surface area contributed by atoms with Crippen LogP contribution in [0.3, 0.4) is 0 Å². The molecule has 3 heterocycles. The summed E-state index contributed by atoms with van der Waals surface area (Å²) in [6, 6.07) is 11.8. The van der Waals surface area contributed by atoms with Crippen molar-refractivity contribution < 1.29 is 18.7 Å². The number of benzene rings is 2. The summed E-state index contributed by atoms with van der Waals surface area (Å²) in [7, 11) is 0. The first-order valence-electron chi connectivity index (χ1n) is 12.9. The van der Waals surface area contributed by atoms with E-state index in [1.54, 1.807) is 6.07 Å². The van der Waals surface area contributed by atoms with Crippen LogP contribution in [-0.4, -0.2) is 66.3 Å². The van der Waals surface area contributed by atoms with Gasteiger partial charge in [0, 0.05) is 48.6 Å². The summed E-state index contributed by atoms with van der Waals surface area (Å²) in [4.78, 5) is 25.2. The SMILES string of the molecule is CCOc1ccc(-c2nc(C(=O)NC3C[C@@H]4CN(CC5COC5)C[C@@H]4C3)c3ccc(F)cc3n2)cc1. The molecular weight excluding hydrogens is 459 g/mol. The first-order chi connectivity index (χ1) is 17.6. The van der Waals surface area contributed by atoms with Crippen LogP contribution < -0.4 is 10.1 Å². The molecule has 8 heteroatoms. The van der Waals surface area contributed by atoms with E-state index in [2.05, 4.69) is 20.2 Å². The lowest BCUT2D eigenvalue weighted by Crippen LogP contribution is -2.40. The van der Waals surface area contributed by atoms with Crippen LogP contribution in [0.25, 0.3) is 22.3 Å². The van der Waals surface area contributed by atoms with Gasteiger partial charge in [0.1, 0.15) is 17.3 Å². The molecule has 36 heavy (non-hydrogen) atoms. The smallest absolute Gasteiger partial charge is 0.270 e. The maximum atomic E-state index is 14.0. The minimum Gasteiger partial charge on any atom is -0.494 e. The van der Waals surface area contributed by atoms with E-state index in [4.69, 9.17) is 9.47 Å². The largest absolute Gasteiger partial charge is 0.494 e. The number of likely N-dealkylation sites (tertiary alicyclic amines) is 1. The van der Waals surface area contributed by atoms with E-state index in [9.17, 15) is 9.18 Å². The topological polar surface area (TPSA) is 76.6 Å². The van der Waals surface area contributed by atoms with Crippen molar-refractivity contribution in [3.63, 3.8) is 0 Å². The highest BCUT2D eigenvalue weighted by atomic mass is 19.1. The van der Waals surface area contributed by atoms with E-state index in [0.29, 0.717) is 41.1 Å². The predicted molar refractivity (Wildman–Crippen MR) is 134 cm³/mol. The van der Waals surface area contributed by atoms with E-state index in [-0.39, 0.29) is 17.6 Å². The van der Waals surface area contributed by atoms with Crippen LogP contribution in [0.5, 0.6) is 5.75 Å². The molecule has 3 aromatic rings.